The predicted octanol–water partition coefficient (Wildman–Crippen LogP) is 4.46. The summed E-state index contributed by atoms with van der Waals surface area (Å²) < 4.78 is 10.7. The summed E-state index contributed by atoms with van der Waals surface area (Å²) in [7, 11) is 7.09. The lowest BCUT2D eigenvalue weighted by Crippen LogP contribution is -2.40. The molecule has 0 saturated heterocycles. The lowest BCUT2D eigenvalue weighted by atomic mass is 10.0. The Kier molecular flexibility index (Phi) is 4.59. The van der Waals surface area contributed by atoms with Crippen molar-refractivity contribution in [2.24, 2.45) is 0 Å². The van der Waals surface area contributed by atoms with Gasteiger partial charge in [-0.3, -0.25) is 5.41 Å². The highest BCUT2D eigenvalue weighted by atomic mass is 16.5. The van der Waals surface area contributed by atoms with Crippen LogP contribution in [0.2, 0.25) is 0 Å². The SMILES string of the molecule is COc1ccc(N(C)C(=N)N(C)c2ccc3cccc4c3c2CC4)cc1OC. The first-order chi connectivity index (χ1) is 13.5. The molecule has 1 aliphatic carbocycles. The smallest absolute Gasteiger partial charge is 0.202 e. The zero-order valence-corrected chi connectivity index (χ0v) is 16.7. The van der Waals surface area contributed by atoms with Gasteiger partial charge in [0.2, 0.25) is 5.96 Å². The molecule has 0 heterocycles. The van der Waals surface area contributed by atoms with Crippen molar-refractivity contribution in [3.8, 4) is 11.5 Å². The highest BCUT2D eigenvalue weighted by Gasteiger charge is 2.22. The molecule has 4 rings (SSSR count). The maximum absolute atomic E-state index is 8.78. The molecule has 28 heavy (non-hydrogen) atoms. The molecule has 0 fully saturated rings. The molecule has 0 radical (unpaired) electrons. The van der Waals surface area contributed by atoms with Crippen molar-refractivity contribution in [1.29, 1.82) is 5.41 Å². The van der Waals surface area contributed by atoms with Gasteiger partial charge < -0.3 is 19.3 Å². The van der Waals surface area contributed by atoms with Crippen molar-refractivity contribution >= 4 is 28.1 Å². The molecule has 3 aromatic rings. The standard InChI is InChI=1S/C23H25N3O2/c1-25(17-10-13-20(27-3)21(14-17)28-4)23(24)26(2)19-12-9-16-7-5-6-15-8-11-18(19)22(15)16/h5-7,9-10,12-14,24H,8,11H2,1-4H3. The van der Waals surface area contributed by atoms with Gasteiger partial charge in [-0.25, -0.2) is 0 Å². The summed E-state index contributed by atoms with van der Waals surface area (Å²) in [6, 6.07) is 16.5. The average Bonchev–Trinajstić information content (AvgIpc) is 3.17. The molecule has 1 N–H and O–H groups in total. The van der Waals surface area contributed by atoms with Crippen LogP contribution in [0.1, 0.15) is 11.1 Å². The summed E-state index contributed by atoms with van der Waals surface area (Å²) in [5, 5.41) is 11.4. The van der Waals surface area contributed by atoms with Crippen LogP contribution in [0.15, 0.2) is 48.5 Å². The number of hydrogen-bond acceptors (Lipinski definition) is 3. The van der Waals surface area contributed by atoms with Gasteiger partial charge in [-0.15, -0.1) is 0 Å². The molecule has 0 aliphatic heterocycles. The first-order valence-electron chi connectivity index (χ1n) is 9.36. The van der Waals surface area contributed by atoms with E-state index in [1.165, 1.54) is 21.9 Å². The number of hydrogen-bond donors (Lipinski definition) is 1. The number of nitrogens with zero attached hydrogens (tertiary/aromatic N) is 2. The first-order valence-corrected chi connectivity index (χ1v) is 9.36. The van der Waals surface area contributed by atoms with Crippen LogP contribution in [-0.2, 0) is 12.8 Å². The molecule has 0 spiro atoms. The molecule has 0 amide bonds. The van der Waals surface area contributed by atoms with E-state index < -0.39 is 0 Å². The van der Waals surface area contributed by atoms with Gasteiger partial charge in [0.25, 0.3) is 0 Å². The third-order valence-corrected chi connectivity index (χ3v) is 5.61. The second kappa shape index (κ2) is 7.08. The van der Waals surface area contributed by atoms with E-state index in [4.69, 9.17) is 14.9 Å². The Morgan fingerprint density at radius 2 is 1.68 bits per heavy atom. The second-order valence-corrected chi connectivity index (χ2v) is 7.06. The molecule has 0 aromatic heterocycles. The molecule has 0 unspecified atom stereocenters. The number of benzene rings is 3. The minimum absolute atomic E-state index is 0.396. The Labute approximate surface area is 165 Å². The van der Waals surface area contributed by atoms with Crippen LogP contribution in [0.3, 0.4) is 0 Å². The first kappa shape index (κ1) is 18.2. The second-order valence-electron chi connectivity index (χ2n) is 7.06. The lowest BCUT2D eigenvalue weighted by molar-refractivity contribution is 0.355. The number of methoxy groups -OCH3 is 2. The van der Waals surface area contributed by atoms with Gasteiger partial charge in [-0.2, -0.15) is 0 Å². The Balaban J connectivity index is 1.67. The van der Waals surface area contributed by atoms with Gasteiger partial charge in [-0.1, -0.05) is 24.3 Å². The summed E-state index contributed by atoms with van der Waals surface area (Å²) in [6.07, 6.45) is 2.08. The molecular weight excluding hydrogens is 350 g/mol. The molecule has 3 aromatic carbocycles. The topological polar surface area (TPSA) is 48.8 Å². The summed E-state index contributed by atoms with van der Waals surface area (Å²) in [4.78, 5) is 3.80. The summed E-state index contributed by atoms with van der Waals surface area (Å²) in [5.41, 5.74) is 4.70. The van der Waals surface area contributed by atoms with Gasteiger partial charge in [0.1, 0.15) is 0 Å². The Morgan fingerprint density at radius 3 is 2.43 bits per heavy atom. The Bertz CT molecular complexity index is 1060. The van der Waals surface area contributed by atoms with E-state index in [0.717, 1.165) is 24.2 Å². The van der Waals surface area contributed by atoms with Crippen molar-refractivity contribution in [2.75, 3.05) is 38.1 Å². The van der Waals surface area contributed by atoms with Gasteiger partial charge in [0.05, 0.1) is 14.2 Å². The number of anilines is 2. The number of guanidine groups is 1. The van der Waals surface area contributed by atoms with Crippen LogP contribution in [0.4, 0.5) is 11.4 Å². The van der Waals surface area contributed by atoms with E-state index in [9.17, 15) is 0 Å². The minimum atomic E-state index is 0.396. The zero-order valence-electron chi connectivity index (χ0n) is 16.7. The number of ether oxygens (including phenoxy) is 2. The monoisotopic (exact) mass is 375 g/mol. The van der Waals surface area contributed by atoms with Crippen LogP contribution in [0, 0.1) is 5.41 Å². The van der Waals surface area contributed by atoms with Crippen molar-refractivity contribution in [1.82, 2.24) is 0 Å². The Hall–Kier alpha value is -3.21. The van der Waals surface area contributed by atoms with E-state index in [0.29, 0.717) is 17.5 Å². The third kappa shape index (κ3) is 2.83. The zero-order chi connectivity index (χ0) is 19.8. The van der Waals surface area contributed by atoms with Crippen molar-refractivity contribution < 1.29 is 9.47 Å². The average molecular weight is 375 g/mol. The van der Waals surface area contributed by atoms with Gasteiger partial charge in [0, 0.05) is 31.5 Å². The van der Waals surface area contributed by atoms with Crippen LogP contribution < -0.4 is 19.3 Å². The van der Waals surface area contributed by atoms with E-state index in [1.807, 2.05) is 42.1 Å². The predicted molar refractivity (Wildman–Crippen MR) is 115 cm³/mol. The minimum Gasteiger partial charge on any atom is -0.493 e. The highest BCUT2D eigenvalue weighted by Crippen LogP contribution is 2.37. The molecule has 0 saturated carbocycles. The van der Waals surface area contributed by atoms with E-state index >= 15 is 0 Å². The number of nitrogens with one attached hydrogen (secondary N) is 1. The normalized spacial score (nSPS) is 12.1. The van der Waals surface area contributed by atoms with Crippen molar-refractivity contribution in [3.05, 3.63) is 59.7 Å². The fourth-order valence-corrected chi connectivity index (χ4v) is 4.05. The largest absolute Gasteiger partial charge is 0.493 e. The maximum atomic E-state index is 8.78. The highest BCUT2D eigenvalue weighted by molar-refractivity contribution is 6.07. The molecule has 144 valence electrons. The van der Waals surface area contributed by atoms with Gasteiger partial charge in [0.15, 0.2) is 11.5 Å². The van der Waals surface area contributed by atoms with Crippen LogP contribution in [-0.4, -0.2) is 34.3 Å². The number of rotatable bonds is 4. The summed E-state index contributed by atoms with van der Waals surface area (Å²) in [5.74, 6) is 1.72. The van der Waals surface area contributed by atoms with Crippen LogP contribution in [0.5, 0.6) is 11.5 Å². The maximum Gasteiger partial charge on any atom is 0.202 e. The van der Waals surface area contributed by atoms with E-state index in [-0.39, 0.29) is 0 Å². The van der Waals surface area contributed by atoms with E-state index in [1.54, 1.807) is 14.2 Å². The fourth-order valence-electron chi connectivity index (χ4n) is 4.05. The quantitative estimate of drug-likeness (QED) is 0.540. The van der Waals surface area contributed by atoms with E-state index in [2.05, 4.69) is 30.3 Å². The fraction of sp³-hybridized carbons (Fsp3) is 0.261. The molecule has 5 heteroatoms. The molecule has 0 atom stereocenters. The molecule has 1 aliphatic rings. The van der Waals surface area contributed by atoms with Crippen LogP contribution >= 0.6 is 0 Å². The Morgan fingerprint density at radius 1 is 0.893 bits per heavy atom. The molecule has 5 nitrogen and oxygen atoms in total. The molecule has 0 bridgehead atoms. The van der Waals surface area contributed by atoms with Crippen LogP contribution in [0.25, 0.3) is 10.8 Å². The van der Waals surface area contributed by atoms with Gasteiger partial charge >= 0.3 is 0 Å². The van der Waals surface area contributed by atoms with Gasteiger partial charge in [-0.05, 0) is 52.9 Å². The molecular formula is C23H25N3O2. The third-order valence-electron chi connectivity index (χ3n) is 5.61. The number of aryl methyl sites for hydroxylation is 2. The summed E-state index contributed by atoms with van der Waals surface area (Å²) >= 11 is 0. The van der Waals surface area contributed by atoms with Crippen molar-refractivity contribution in [2.45, 2.75) is 12.8 Å². The summed E-state index contributed by atoms with van der Waals surface area (Å²) in [6.45, 7) is 0. The lowest BCUT2D eigenvalue weighted by Gasteiger charge is -2.30. The van der Waals surface area contributed by atoms with Crippen molar-refractivity contribution in [3.63, 3.8) is 0 Å².